The minimum atomic E-state index is -3.87. The summed E-state index contributed by atoms with van der Waals surface area (Å²) in [5.74, 6) is 1.45. The van der Waals surface area contributed by atoms with Crippen LogP contribution in [0.1, 0.15) is 75.1 Å². The Morgan fingerprint density at radius 2 is 1.06 bits per heavy atom. The lowest BCUT2D eigenvalue weighted by Crippen LogP contribution is -2.37. The summed E-state index contributed by atoms with van der Waals surface area (Å²) in [5.41, 5.74) is 3.56. The molecule has 0 radical (unpaired) electrons. The predicted molar refractivity (Wildman–Crippen MR) is 199 cm³/mol. The van der Waals surface area contributed by atoms with E-state index in [-0.39, 0.29) is 35.2 Å². The highest BCUT2D eigenvalue weighted by Crippen LogP contribution is 2.26. The van der Waals surface area contributed by atoms with Gasteiger partial charge in [0.05, 0.1) is 25.6 Å². The number of ether oxygens (including phenoxy) is 2. The highest BCUT2D eigenvalue weighted by molar-refractivity contribution is 7.89. The first-order valence-corrected chi connectivity index (χ1v) is 20.6. The molecule has 4 aromatic rings. The second kappa shape index (κ2) is 16.9. The van der Waals surface area contributed by atoms with Gasteiger partial charge < -0.3 is 9.47 Å². The second-order valence-corrected chi connectivity index (χ2v) is 17.2. The predicted octanol–water partition coefficient (Wildman–Crippen LogP) is 4.40. The van der Waals surface area contributed by atoms with E-state index in [1.807, 2.05) is 80.9 Å². The standard InChI is InChI=1S/C26H34N4O4S.C10H18N4O2S/c1-20(2)30-23(19-28-14-5-15-28)16-26(27-30)35(31,32)29(17-21-6-10-24(33-3)11-7-21)18-22-8-12-25(34-4)13-9-22;1-8(2)14-9(7-13-4-3-5-13)6-10(12-14)17(11,15)16/h6-13,16,20H,5,14-15,17-19H2,1-4H3;6,8H,3-5,7H2,1-2H3,(H2,11,15,16). The maximum absolute atomic E-state index is 13.9. The Morgan fingerprint density at radius 3 is 1.38 bits per heavy atom. The molecule has 2 aliphatic heterocycles. The Balaban J connectivity index is 0.000000257. The number of hydrogen-bond acceptors (Lipinski definition) is 10. The van der Waals surface area contributed by atoms with Gasteiger partial charge in [-0.05, 0) is 102 Å². The van der Waals surface area contributed by atoms with Gasteiger partial charge in [0.2, 0.25) is 0 Å². The molecule has 4 heterocycles. The summed E-state index contributed by atoms with van der Waals surface area (Å²) in [6.45, 7) is 14.1. The van der Waals surface area contributed by atoms with Crippen LogP contribution in [0.3, 0.4) is 0 Å². The maximum Gasteiger partial charge on any atom is 0.263 e. The largest absolute Gasteiger partial charge is 0.497 e. The fourth-order valence-electron chi connectivity index (χ4n) is 5.98. The van der Waals surface area contributed by atoms with Crippen LogP contribution in [0.4, 0.5) is 0 Å². The van der Waals surface area contributed by atoms with Crippen LogP contribution >= 0.6 is 0 Å². The Labute approximate surface area is 308 Å². The van der Waals surface area contributed by atoms with Crippen LogP contribution in [0.25, 0.3) is 0 Å². The van der Waals surface area contributed by atoms with Crippen LogP contribution < -0.4 is 14.6 Å². The molecule has 0 atom stereocenters. The highest BCUT2D eigenvalue weighted by atomic mass is 32.2. The van der Waals surface area contributed by atoms with Crippen LogP contribution in [0, 0.1) is 0 Å². The van der Waals surface area contributed by atoms with Gasteiger partial charge in [-0.25, -0.2) is 22.0 Å². The first kappa shape index (κ1) is 39.4. The van der Waals surface area contributed by atoms with Crippen molar-refractivity contribution < 1.29 is 26.3 Å². The molecule has 2 aromatic carbocycles. The van der Waals surface area contributed by atoms with Crippen molar-refractivity contribution >= 4 is 20.0 Å². The molecule has 0 aliphatic carbocycles. The zero-order chi connectivity index (χ0) is 37.6. The summed E-state index contributed by atoms with van der Waals surface area (Å²) in [4.78, 5) is 4.56. The number of methoxy groups -OCH3 is 2. The van der Waals surface area contributed by atoms with Crippen molar-refractivity contribution in [3.8, 4) is 11.5 Å². The van der Waals surface area contributed by atoms with E-state index >= 15 is 0 Å². The van der Waals surface area contributed by atoms with Gasteiger partial charge in [0.1, 0.15) is 11.5 Å². The lowest BCUT2D eigenvalue weighted by Gasteiger charge is -2.30. The maximum atomic E-state index is 13.9. The quantitative estimate of drug-likeness (QED) is 0.184. The SMILES string of the molecule is CC(C)n1nc(S(N)(=O)=O)cc1CN1CCC1.COc1ccc(CN(Cc2ccc(OC)cc2)S(=O)(=O)c2cc(CN3CCC3)n(C(C)C)n2)cc1. The zero-order valence-electron chi connectivity index (χ0n) is 31.0. The topological polar surface area (TPSA) is 158 Å². The van der Waals surface area contributed by atoms with Crippen molar-refractivity contribution in [1.82, 2.24) is 33.7 Å². The Hall–Kier alpha value is -3.80. The van der Waals surface area contributed by atoms with Crippen LogP contribution in [0.2, 0.25) is 0 Å². The lowest BCUT2D eigenvalue weighted by atomic mass is 10.2. The molecule has 0 saturated carbocycles. The molecule has 2 aromatic heterocycles. The molecule has 6 rings (SSSR count). The fraction of sp³-hybridized carbons (Fsp3) is 0.500. The van der Waals surface area contributed by atoms with Gasteiger partial charge in [0.15, 0.2) is 10.1 Å². The van der Waals surface area contributed by atoms with Gasteiger partial charge in [-0.15, -0.1) is 0 Å². The first-order valence-electron chi connectivity index (χ1n) is 17.6. The molecule has 0 bridgehead atoms. The molecule has 52 heavy (non-hydrogen) atoms. The van der Waals surface area contributed by atoms with Crippen molar-refractivity contribution in [2.75, 3.05) is 40.4 Å². The van der Waals surface area contributed by atoms with Crippen molar-refractivity contribution in [3.63, 3.8) is 0 Å². The molecule has 0 unspecified atom stereocenters. The molecule has 2 saturated heterocycles. The van der Waals surface area contributed by atoms with E-state index in [0.29, 0.717) is 6.54 Å². The first-order chi connectivity index (χ1) is 24.7. The van der Waals surface area contributed by atoms with Gasteiger partial charge in [-0.3, -0.25) is 19.2 Å². The smallest absolute Gasteiger partial charge is 0.263 e. The van der Waals surface area contributed by atoms with E-state index in [2.05, 4.69) is 20.0 Å². The monoisotopic (exact) mass is 756 g/mol. The summed E-state index contributed by atoms with van der Waals surface area (Å²) in [7, 11) is -4.36. The van der Waals surface area contributed by atoms with E-state index in [1.54, 1.807) is 31.0 Å². The highest BCUT2D eigenvalue weighted by Gasteiger charge is 2.30. The number of nitrogens with two attached hydrogens (primary N) is 1. The van der Waals surface area contributed by atoms with Crippen molar-refractivity contribution in [2.24, 2.45) is 5.14 Å². The number of likely N-dealkylation sites (tertiary alicyclic amines) is 2. The summed E-state index contributed by atoms with van der Waals surface area (Å²) in [5, 5.41) is 13.8. The number of rotatable bonds is 15. The van der Waals surface area contributed by atoms with Gasteiger partial charge in [-0.2, -0.15) is 14.5 Å². The third-order valence-electron chi connectivity index (χ3n) is 9.16. The van der Waals surface area contributed by atoms with Crippen LogP contribution in [-0.2, 0) is 46.2 Å². The minimum Gasteiger partial charge on any atom is -0.497 e. The van der Waals surface area contributed by atoms with Gasteiger partial charge in [0, 0.05) is 50.4 Å². The number of aromatic nitrogens is 4. The van der Waals surface area contributed by atoms with Gasteiger partial charge >= 0.3 is 0 Å². The van der Waals surface area contributed by atoms with Crippen LogP contribution in [0.15, 0.2) is 70.7 Å². The molecule has 14 nitrogen and oxygen atoms in total. The third kappa shape index (κ3) is 9.79. The third-order valence-corrected chi connectivity index (χ3v) is 11.6. The van der Waals surface area contributed by atoms with E-state index in [1.165, 1.54) is 17.1 Å². The van der Waals surface area contributed by atoms with E-state index in [9.17, 15) is 16.8 Å². The normalized spacial score (nSPS) is 15.3. The second-order valence-electron chi connectivity index (χ2n) is 13.8. The molecular formula is C36H52N8O6S2. The van der Waals surface area contributed by atoms with Crippen molar-refractivity contribution in [3.05, 3.63) is 83.2 Å². The summed E-state index contributed by atoms with van der Waals surface area (Å²) in [6, 6.07) is 18.4. The fourth-order valence-corrected chi connectivity index (χ4v) is 7.86. The number of benzene rings is 2. The summed E-state index contributed by atoms with van der Waals surface area (Å²) >= 11 is 0. The van der Waals surface area contributed by atoms with E-state index < -0.39 is 20.0 Å². The molecule has 0 amide bonds. The molecule has 2 aliphatic rings. The molecule has 2 fully saturated rings. The van der Waals surface area contributed by atoms with Crippen LogP contribution in [-0.4, -0.2) is 90.9 Å². The lowest BCUT2D eigenvalue weighted by molar-refractivity contribution is 0.166. The zero-order valence-corrected chi connectivity index (χ0v) is 32.6. The molecule has 16 heteroatoms. The Kier molecular flexibility index (Phi) is 12.8. The number of sulfonamides is 2. The summed E-state index contributed by atoms with van der Waals surface area (Å²) in [6.07, 6.45) is 2.39. The number of primary sulfonamides is 1. The Morgan fingerprint density at radius 1 is 0.673 bits per heavy atom. The molecule has 284 valence electrons. The van der Waals surface area contributed by atoms with Crippen molar-refractivity contribution in [1.29, 1.82) is 0 Å². The van der Waals surface area contributed by atoms with Crippen molar-refractivity contribution in [2.45, 2.75) is 88.9 Å². The van der Waals surface area contributed by atoms with Crippen LogP contribution in [0.5, 0.6) is 11.5 Å². The minimum absolute atomic E-state index is 0.0401. The average molecular weight is 757 g/mol. The van der Waals surface area contributed by atoms with Gasteiger partial charge in [0.25, 0.3) is 20.0 Å². The number of hydrogen-bond donors (Lipinski definition) is 1. The summed E-state index contributed by atoms with van der Waals surface area (Å²) < 4.78 is 66.0. The van der Waals surface area contributed by atoms with E-state index in [0.717, 1.165) is 66.7 Å². The molecule has 0 spiro atoms. The number of nitrogens with zero attached hydrogens (tertiary/aromatic N) is 7. The van der Waals surface area contributed by atoms with E-state index in [4.69, 9.17) is 14.6 Å². The average Bonchev–Trinajstić information content (AvgIpc) is 3.71. The van der Waals surface area contributed by atoms with Gasteiger partial charge in [-0.1, -0.05) is 24.3 Å². The molecular weight excluding hydrogens is 705 g/mol. The molecule has 2 N–H and O–H groups in total. The Bertz CT molecular complexity index is 1930.